The number of anilines is 1. The highest BCUT2D eigenvalue weighted by Crippen LogP contribution is 2.04. The summed E-state index contributed by atoms with van der Waals surface area (Å²) in [5.41, 5.74) is 0.580. The molecule has 1 N–H and O–H groups in total. The molecule has 0 fully saturated rings. The molecule has 0 aliphatic rings. The van der Waals surface area contributed by atoms with Crippen molar-refractivity contribution >= 4 is 11.8 Å². The summed E-state index contributed by atoms with van der Waals surface area (Å²) in [6.45, 7) is -1.11. The summed E-state index contributed by atoms with van der Waals surface area (Å²) in [4.78, 5) is 10.6. The van der Waals surface area contributed by atoms with Crippen LogP contribution in [0.25, 0.3) is 0 Å². The summed E-state index contributed by atoms with van der Waals surface area (Å²) in [5, 5.41) is 2.34. The molecule has 4 heteroatoms. The van der Waals surface area contributed by atoms with Crippen molar-refractivity contribution in [2.24, 2.45) is 0 Å². The Morgan fingerprint density at radius 3 is 2.67 bits per heavy atom. The van der Waals surface area contributed by atoms with Gasteiger partial charge in [0, 0.05) is 5.69 Å². The molecule has 1 rings (SSSR count). The standard InChI is InChI=1S/C8H8FNO2/c9-6-12-8(11)10-7-4-2-1-3-5-7/h1-5H,6H2,(H,10,11). The van der Waals surface area contributed by atoms with Crippen LogP contribution in [0.4, 0.5) is 14.9 Å². The number of nitrogens with one attached hydrogen (secondary N) is 1. The highest BCUT2D eigenvalue weighted by atomic mass is 19.1. The summed E-state index contributed by atoms with van der Waals surface area (Å²) in [7, 11) is 0. The SMILES string of the molecule is O=C(Nc1ccccc1)OCF. The highest BCUT2D eigenvalue weighted by Gasteiger charge is 1.99. The van der Waals surface area contributed by atoms with Crippen molar-refractivity contribution in [2.75, 3.05) is 12.2 Å². The van der Waals surface area contributed by atoms with E-state index in [9.17, 15) is 9.18 Å². The number of carbonyl (C=O) groups excluding carboxylic acids is 1. The van der Waals surface area contributed by atoms with Crippen molar-refractivity contribution in [3.63, 3.8) is 0 Å². The molecule has 0 aliphatic heterocycles. The summed E-state index contributed by atoms with van der Waals surface area (Å²) >= 11 is 0. The first-order chi connectivity index (χ1) is 5.83. The van der Waals surface area contributed by atoms with Crippen molar-refractivity contribution in [3.8, 4) is 0 Å². The largest absolute Gasteiger partial charge is 0.417 e. The first kappa shape index (κ1) is 8.52. The molecule has 0 aromatic heterocycles. The third-order valence-corrected chi connectivity index (χ3v) is 1.21. The molecule has 0 unspecified atom stereocenters. The van der Waals surface area contributed by atoms with Gasteiger partial charge in [0.25, 0.3) is 0 Å². The monoisotopic (exact) mass is 169 g/mol. The normalized spacial score (nSPS) is 9.08. The van der Waals surface area contributed by atoms with E-state index >= 15 is 0 Å². The lowest BCUT2D eigenvalue weighted by molar-refractivity contribution is 0.111. The van der Waals surface area contributed by atoms with E-state index in [2.05, 4.69) is 10.1 Å². The Morgan fingerprint density at radius 2 is 2.08 bits per heavy atom. The molecule has 0 spiro atoms. The van der Waals surface area contributed by atoms with Crippen molar-refractivity contribution < 1.29 is 13.9 Å². The Hall–Kier alpha value is -1.58. The van der Waals surface area contributed by atoms with Gasteiger partial charge in [-0.25, -0.2) is 9.18 Å². The zero-order valence-electron chi connectivity index (χ0n) is 6.29. The van der Waals surface area contributed by atoms with Crippen molar-refractivity contribution in [1.29, 1.82) is 0 Å². The maximum absolute atomic E-state index is 11.5. The van der Waals surface area contributed by atoms with Crippen LogP contribution in [0.1, 0.15) is 0 Å². The van der Waals surface area contributed by atoms with Crippen molar-refractivity contribution in [1.82, 2.24) is 0 Å². The Labute approximate surface area is 69.2 Å². The van der Waals surface area contributed by atoms with Crippen LogP contribution < -0.4 is 5.32 Å². The fraction of sp³-hybridized carbons (Fsp3) is 0.125. The van der Waals surface area contributed by atoms with Crippen LogP contribution in [0.15, 0.2) is 30.3 Å². The molecule has 1 aromatic carbocycles. The third kappa shape index (κ3) is 2.57. The van der Waals surface area contributed by atoms with Crippen LogP contribution in [0, 0.1) is 0 Å². The van der Waals surface area contributed by atoms with E-state index in [0.29, 0.717) is 5.69 Å². The van der Waals surface area contributed by atoms with Gasteiger partial charge in [-0.3, -0.25) is 5.32 Å². The smallest absolute Gasteiger partial charge is 0.413 e. The second-order valence-electron chi connectivity index (χ2n) is 2.03. The summed E-state index contributed by atoms with van der Waals surface area (Å²) in [6, 6.07) is 8.68. The van der Waals surface area contributed by atoms with Gasteiger partial charge in [-0.05, 0) is 12.1 Å². The molecule has 0 saturated carbocycles. The molecular formula is C8H8FNO2. The van der Waals surface area contributed by atoms with E-state index < -0.39 is 13.0 Å². The number of alkyl halides is 1. The van der Waals surface area contributed by atoms with Gasteiger partial charge >= 0.3 is 6.09 Å². The Kier molecular flexibility index (Phi) is 3.07. The molecule has 64 valence electrons. The molecule has 1 aromatic rings. The zero-order valence-corrected chi connectivity index (χ0v) is 6.29. The van der Waals surface area contributed by atoms with E-state index in [1.807, 2.05) is 6.07 Å². The van der Waals surface area contributed by atoms with E-state index in [1.54, 1.807) is 24.3 Å². The molecule has 0 atom stereocenters. The van der Waals surface area contributed by atoms with Crippen LogP contribution in [0.2, 0.25) is 0 Å². The minimum Gasteiger partial charge on any atom is -0.417 e. The highest BCUT2D eigenvalue weighted by molar-refractivity contribution is 5.84. The summed E-state index contributed by atoms with van der Waals surface area (Å²) in [5.74, 6) is 0. The lowest BCUT2D eigenvalue weighted by atomic mass is 10.3. The van der Waals surface area contributed by atoms with Gasteiger partial charge in [0.1, 0.15) is 0 Å². The molecule has 0 heterocycles. The minimum atomic E-state index is -1.11. The lowest BCUT2D eigenvalue weighted by Crippen LogP contribution is -2.12. The van der Waals surface area contributed by atoms with Crippen LogP contribution in [-0.2, 0) is 4.74 Å². The van der Waals surface area contributed by atoms with Crippen LogP contribution in [0.5, 0.6) is 0 Å². The lowest BCUT2D eigenvalue weighted by Gasteiger charge is -2.02. The number of hydrogen-bond acceptors (Lipinski definition) is 2. The Balaban J connectivity index is 2.47. The van der Waals surface area contributed by atoms with E-state index in [1.165, 1.54) is 0 Å². The number of amides is 1. The molecule has 0 radical (unpaired) electrons. The summed E-state index contributed by atoms with van der Waals surface area (Å²) < 4.78 is 15.5. The fourth-order valence-electron chi connectivity index (χ4n) is 0.725. The van der Waals surface area contributed by atoms with Crippen LogP contribution >= 0.6 is 0 Å². The third-order valence-electron chi connectivity index (χ3n) is 1.21. The van der Waals surface area contributed by atoms with Crippen molar-refractivity contribution in [2.45, 2.75) is 0 Å². The Morgan fingerprint density at radius 1 is 1.42 bits per heavy atom. The quantitative estimate of drug-likeness (QED) is 0.736. The maximum Gasteiger partial charge on any atom is 0.413 e. The maximum atomic E-state index is 11.5. The second kappa shape index (κ2) is 4.33. The van der Waals surface area contributed by atoms with Gasteiger partial charge in [0.05, 0.1) is 0 Å². The number of benzene rings is 1. The number of para-hydroxylation sites is 1. The molecule has 3 nitrogen and oxygen atoms in total. The first-order valence-electron chi connectivity index (χ1n) is 3.37. The predicted molar refractivity (Wildman–Crippen MR) is 42.5 cm³/mol. The van der Waals surface area contributed by atoms with Gasteiger partial charge < -0.3 is 4.74 Å². The number of halogens is 1. The molecule has 1 amide bonds. The first-order valence-corrected chi connectivity index (χ1v) is 3.37. The minimum absolute atomic E-state index is 0.580. The van der Waals surface area contributed by atoms with Gasteiger partial charge in [-0.2, -0.15) is 0 Å². The molecule has 12 heavy (non-hydrogen) atoms. The van der Waals surface area contributed by atoms with Gasteiger partial charge in [0.15, 0.2) is 0 Å². The number of ether oxygens (including phenoxy) is 1. The fourth-order valence-corrected chi connectivity index (χ4v) is 0.725. The molecular weight excluding hydrogens is 161 g/mol. The average molecular weight is 169 g/mol. The molecule has 0 saturated heterocycles. The number of hydrogen-bond donors (Lipinski definition) is 1. The Bertz CT molecular complexity index is 250. The predicted octanol–water partition coefficient (Wildman–Crippen LogP) is 2.16. The summed E-state index contributed by atoms with van der Waals surface area (Å²) in [6.07, 6.45) is -0.788. The van der Waals surface area contributed by atoms with Gasteiger partial charge in [0.2, 0.25) is 6.86 Å². The topological polar surface area (TPSA) is 38.3 Å². The second-order valence-corrected chi connectivity index (χ2v) is 2.03. The van der Waals surface area contributed by atoms with Gasteiger partial charge in [-0.1, -0.05) is 18.2 Å². The van der Waals surface area contributed by atoms with Crippen LogP contribution in [0.3, 0.4) is 0 Å². The number of rotatable bonds is 2. The van der Waals surface area contributed by atoms with E-state index in [4.69, 9.17) is 0 Å². The molecule has 0 bridgehead atoms. The van der Waals surface area contributed by atoms with Gasteiger partial charge in [-0.15, -0.1) is 0 Å². The zero-order chi connectivity index (χ0) is 8.81. The van der Waals surface area contributed by atoms with Crippen molar-refractivity contribution in [3.05, 3.63) is 30.3 Å². The van der Waals surface area contributed by atoms with Crippen LogP contribution in [-0.4, -0.2) is 13.0 Å². The van der Waals surface area contributed by atoms with E-state index in [0.717, 1.165) is 0 Å². The molecule has 0 aliphatic carbocycles. The average Bonchev–Trinajstić information content (AvgIpc) is 2.06. The van der Waals surface area contributed by atoms with E-state index in [-0.39, 0.29) is 0 Å². The number of carbonyl (C=O) groups is 1.